The Hall–Kier alpha value is -2.14. The number of nitrogens with one attached hydrogen (secondary N) is 1. The van der Waals surface area contributed by atoms with E-state index in [1.165, 1.54) is 6.07 Å². The lowest BCUT2D eigenvalue weighted by atomic mass is 10.2. The molecule has 0 saturated carbocycles. The molecule has 1 amide bonds. The van der Waals surface area contributed by atoms with Crippen molar-refractivity contribution in [3.63, 3.8) is 0 Å². The van der Waals surface area contributed by atoms with Gasteiger partial charge in [-0.3, -0.25) is 9.63 Å². The van der Waals surface area contributed by atoms with E-state index in [0.29, 0.717) is 10.5 Å². The highest BCUT2D eigenvalue weighted by atomic mass is 35.5. The Bertz CT molecular complexity index is 970. The number of nitrogens with zero attached hydrogens (tertiary/aromatic N) is 1. The summed E-state index contributed by atoms with van der Waals surface area (Å²) in [6, 6.07) is 4.74. The van der Waals surface area contributed by atoms with E-state index in [1.54, 1.807) is 0 Å². The number of anilines is 1. The molecule has 0 unspecified atom stereocenters. The van der Waals surface area contributed by atoms with Gasteiger partial charge in [-0.15, -0.1) is 0 Å². The minimum Gasteiger partial charge on any atom is -0.319 e. The summed E-state index contributed by atoms with van der Waals surface area (Å²) < 4.78 is 64.9. The molecule has 2 rings (SSSR count). The Kier molecular flexibility index (Phi) is 5.91. The minimum absolute atomic E-state index is 0.176. The fraction of sp³-hybridized carbons (Fsp3) is 0.133. The van der Waals surface area contributed by atoms with Crippen LogP contribution in [-0.2, 0) is 14.9 Å². The molecule has 0 aliphatic heterocycles. The molecule has 1 N–H and O–H groups in total. The number of benzene rings is 2. The quantitative estimate of drug-likeness (QED) is 0.609. The van der Waals surface area contributed by atoms with E-state index in [1.807, 2.05) is 5.32 Å². The maximum absolute atomic E-state index is 13.7. The van der Waals surface area contributed by atoms with Crippen LogP contribution in [0.2, 0.25) is 5.02 Å². The first kappa shape index (κ1) is 20.2. The van der Waals surface area contributed by atoms with Crippen molar-refractivity contribution in [2.75, 3.05) is 19.5 Å². The Morgan fingerprint density at radius 1 is 1.15 bits per heavy atom. The molecule has 0 atom stereocenters. The predicted octanol–water partition coefficient (Wildman–Crippen LogP) is 3.19. The highest BCUT2D eigenvalue weighted by Gasteiger charge is 2.25. The van der Waals surface area contributed by atoms with Gasteiger partial charge in [0, 0.05) is 12.6 Å². The van der Waals surface area contributed by atoms with Gasteiger partial charge in [0.2, 0.25) is 0 Å². The van der Waals surface area contributed by atoms with Crippen molar-refractivity contribution in [1.82, 2.24) is 4.47 Å². The third kappa shape index (κ3) is 3.83. The van der Waals surface area contributed by atoms with Crippen LogP contribution in [0.15, 0.2) is 35.2 Å². The van der Waals surface area contributed by atoms with Crippen molar-refractivity contribution in [1.29, 1.82) is 0 Å². The van der Waals surface area contributed by atoms with Crippen molar-refractivity contribution >= 4 is 33.2 Å². The van der Waals surface area contributed by atoms with Gasteiger partial charge < -0.3 is 5.32 Å². The summed E-state index contributed by atoms with van der Waals surface area (Å²) >= 11 is 5.87. The first-order valence-corrected chi connectivity index (χ1v) is 8.68. The lowest BCUT2D eigenvalue weighted by Gasteiger charge is -2.16. The van der Waals surface area contributed by atoms with Gasteiger partial charge in [-0.05, 0) is 30.3 Å². The van der Waals surface area contributed by atoms with Crippen LogP contribution >= 0.6 is 11.6 Å². The highest BCUT2D eigenvalue weighted by Crippen LogP contribution is 2.26. The average molecular weight is 409 g/mol. The molecule has 0 aliphatic rings. The molecule has 0 fully saturated rings. The van der Waals surface area contributed by atoms with E-state index in [2.05, 4.69) is 4.84 Å². The van der Waals surface area contributed by atoms with Gasteiger partial charge in [0.1, 0.15) is 4.90 Å². The van der Waals surface area contributed by atoms with Crippen molar-refractivity contribution in [2.24, 2.45) is 0 Å². The Balaban J connectivity index is 2.40. The molecule has 2 aromatic carbocycles. The highest BCUT2D eigenvalue weighted by molar-refractivity contribution is 7.89. The zero-order valence-electron chi connectivity index (χ0n) is 13.4. The van der Waals surface area contributed by atoms with Crippen LogP contribution in [0.5, 0.6) is 0 Å². The summed E-state index contributed by atoms with van der Waals surface area (Å²) in [5.41, 5.74) is -0.816. The van der Waals surface area contributed by atoms with Crippen LogP contribution in [0, 0.1) is 17.5 Å². The van der Waals surface area contributed by atoms with E-state index in [-0.39, 0.29) is 10.6 Å². The minimum atomic E-state index is -4.15. The molecule has 6 nitrogen and oxygen atoms in total. The van der Waals surface area contributed by atoms with Crippen LogP contribution in [-0.4, -0.2) is 33.0 Å². The second-order valence-electron chi connectivity index (χ2n) is 4.92. The molecule has 0 saturated heterocycles. The van der Waals surface area contributed by atoms with Crippen LogP contribution in [0.25, 0.3) is 0 Å². The summed E-state index contributed by atoms with van der Waals surface area (Å²) in [5.74, 6) is -5.70. The van der Waals surface area contributed by atoms with Crippen molar-refractivity contribution in [3.05, 3.63) is 58.4 Å². The predicted molar refractivity (Wildman–Crippen MR) is 87.7 cm³/mol. The summed E-state index contributed by atoms with van der Waals surface area (Å²) in [7, 11) is -1.91. The van der Waals surface area contributed by atoms with Gasteiger partial charge in [0.05, 0.1) is 17.8 Å². The van der Waals surface area contributed by atoms with Gasteiger partial charge in [0.15, 0.2) is 17.5 Å². The number of carbonyl (C=O) groups excluding carboxylic acids is 1. The molecule has 0 radical (unpaired) electrons. The average Bonchev–Trinajstić information content (AvgIpc) is 2.61. The fourth-order valence-electron chi connectivity index (χ4n) is 1.90. The molecule has 0 heterocycles. The SMILES string of the molecule is CON(C)S(=O)(=O)c1cc(C(=O)Nc2ccc(F)c(F)c2F)ccc1Cl. The fourth-order valence-corrected chi connectivity index (χ4v) is 3.37. The second-order valence-corrected chi connectivity index (χ2v) is 7.23. The van der Waals surface area contributed by atoms with Crippen molar-refractivity contribution in [3.8, 4) is 0 Å². The number of halogens is 4. The smallest absolute Gasteiger partial charge is 0.266 e. The first-order valence-electron chi connectivity index (χ1n) is 6.87. The van der Waals surface area contributed by atoms with Gasteiger partial charge in [0.25, 0.3) is 15.9 Å². The standard InChI is InChI=1S/C15H12ClF3N2O4S/c1-21(25-2)26(23,24)12-7-8(3-4-9(12)16)15(22)20-11-6-5-10(17)13(18)14(11)19/h3-7H,1-2H3,(H,20,22). The molecule has 0 spiro atoms. The maximum atomic E-state index is 13.7. The monoisotopic (exact) mass is 408 g/mol. The van der Waals surface area contributed by atoms with E-state index in [9.17, 15) is 26.4 Å². The van der Waals surface area contributed by atoms with E-state index in [4.69, 9.17) is 11.6 Å². The van der Waals surface area contributed by atoms with Crippen LogP contribution < -0.4 is 5.32 Å². The van der Waals surface area contributed by atoms with Crippen molar-refractivity contribution < 1.29 is 31.2 Å². The summed E-state index contributed by atoms with van der Waals surface area (Å²) in [6.07, 6.45) is 0. The van der Waals surface area contributed by atoms with Gasteiger partial charge in [-0.2, -0.15) is 0 Å². The topological polar surface area (TPSA) is 75.7 Å². The second kappa shape index (κ2) is 7.62. The number of sulfonamides is 1. The summed E-state index contributed by atoms with van der Waals surface area (Å²) in [6.45, 7) is 0. The maximum Gasteiger partial charge on any atom is 0.266 e. The Morgan fingerprint density at radius 3 is 2.42 bits per heavy atom. The molecule has 0 aliphatic carbocycles. The largest absolute Gasteiger partial charge is 0.319 e. The molecule has 11 heteroatoms. The zero-order valence-corrected chi connectivity index (χ0v) is 15.0. The molecular weight excluding hydrogens is 397 g/mol. The van der Waals surface area contributed by atoms with Gasteiger partial charge in [-0.1, -0.05) is 16.1 Å². The van der Waals surface area contributed by atoms with E-state index >= 15 is 0 Å². The number of hydrogen-bond acceptors (Lipinski definition) is 4. The molecule has 140 valence electrons. The number of rotatable bonds is 5. The Labute approximate surface area is 152 Å². The first-order chi connectivity index (χ1) is 12.1. The van der Waals surface area contributed by atoms with Crippen molar-refractivity contribution in [2.45, 2.75) is 4.90 Å². The van der Waals surface area contributed by atoms with Crippen LogP contribution in [0.4, 0.5) is 18.9 Å². The molecule has 0 aromatic heterocycles. The number of amides is 1. The van der Waals surface area contributed by atoms with Crippen LogP contribution in [0.3, 0.4) is 0 Å². The van der Waals surface area contributed by atoms with E-state index < -0.39 is 44.0 Å². The zero-order chi connectivity index (χ0) is 19.6. The number of hydrogen-bond donors (Lipinski definition) is 1. The normalized spacial score (nSPS) is 11.7. The van der Waals surface area contributed by atoms with Gasteiger partial charge >= 0.3 is 0 Å². The third-order valence-corrected chi connectivity index (χ3v) is 5.51. The molecule has 0 bridgehead atoms. The number of hydroxylamine groups is 1. The van der Waals surface area contributed by atoms with Crippen LogP contribution in [0.1, 0.15) is 10.4 Å². The molecule has 2 aromatic rings. The molecular formula is C15H12ClF3N2O4S. The van der Waals surface area contributed by atoms with E-state index in [0.717, 1.165) is 32.4 Å². The Morgan fingerprint density at radius 2 is 1.81 bits per heavy atom. The molecule has 26 heavy (non-hydrogen) atoms. The van der Waals surface area contributed by atoms with Gasteiger partial charge in [-0.25, -0.2) is 21.6 Å². The number of carbonyl (C=O) groups is 1. The summed E-state index contributed by atoms with van der Waals surface area (Å²) in [4.78, 5) is 16.4. The lowest BCUT2D eigenvalue weighted by Crippen LogP contribution is -2.26. The summed E-state index contributed by atoms with van der Waals surface area (Å²) in [5, 5.41) is 1.86. The third-order valence-electron chi connectivity index (χ3n) is 3.35. The lowest BCUT2D eigenvalue weighted by molar-refractivity contribution is -0.0258.